The molecule has 0 radical (unpaired) electrons. The van der Waals surface area contributed by atoms with Crippen LogP contribution in [0.25, 0.3) is 0 Å². The lowest BCUT2D eigenvalue weighted by atomic mass is 9.77. The van der Waals surface area contributed by atoms with E-state index in [1.807, 2.05) is 12.1 Å². The maximum absolute atomic E-state index is 12.9. The van der Waals surface area contributed by atoms with Crippen molar-refractivity contribution in [2.75, 3.05) is 19.6 Å². The van der Waals surface area contributed by atoms with Gasteiger partial charge in [-0.05, 0) is 55.0 Å². The van der Waals surface area contributed by atoms with Gasteiger partial charge in [0.15, 0.2) is 0 Å². The Morgan fingerprint density at radius 1 is 1.08 bits per heavy atom. The van der Waals surface area contributed by atoms with Crippen LogP contribution in [0.4, 0.5) is 13.2 Å². The summed E-state index contributed by atoms with van der Waals surface area (Å²) in [6.07, 6.45) is -1.66. The van der Waals surface area contributed by atoms with Gasteiger partial charge in [-0.2, -0.15) is 13.2 Å². The van der Waals surface area contributed by atoms with Crippen LogP contribution in [-0.2, 0) is 27.9 Å². The lowest BCUT2D eigenvalue weighted by Crippen LogP contribution is -2.47. The molecule has 0 aromatic heterocycles. The van der Waals surface area contributed by atoms with Gasteiger partial charge in [0.2, 0.25) is 5.91 Å². The molecule has 2 aliphatic heterocycles. The van der Waals surface area contributed by atoms with Crippen molar-refractivity contribution in [2.24, 2.45) is 0 Å². The molecule has 1 saturated heterocycles. The number of carbonyl (C=O) groups excluding carboxylic acids is 2. The Balaban J connectivity index is 1.10. The number of aliphatic hydroxyl groups is 1. The number of benzene rings is 2. The summed E-state index contributed by atoms with van der Waals surface area (Å²) in [6.45, 7) is 1.17. The van der Waals surface area contributed by atoms with Crippen LogP contribution in [0.1, 0.15) is 52.7 Å². The number of amides is 2. The summed E-state index contributed by atoms with van der Waals surface area (Å²) in [5, 5.41) is 15.7. The molecule has 2 aromatic rings. The molecule has 3 aliphatic rings. The summed E-state index contributed by atoms with van der Waals surface area (Å²) in [5.41, 5.74) is 1.19. The summed E-state index contributed by atoms with van der Waals surface area (Å²) in [5.74, 6) is -1.29. The Morgan fingerprint density at radius 2 is 1.84 bits per heavy atom. The average Bonchev–Trinajstić information content (AvgIpc) is 3.43. The maximum Gasteiger partial charge on any atom is 0.416 e. The van der Waals surface area contributed by atoms with E-state index in [0.29, 0.717) is 19.7 Å². The molecule has 7 nitrogen and oxygen atoms in total. The van der Waals surface area contributed by atoms with Gasteiger partial charge in [-0.1, -0.05) is 30.3 Å². The predicted molar refractivity (Wildman–Crippen MR) is 128 cm³/mol. The summed E-state index contributed by atoms with van der Waals surface area (Å²) in [6, 6.07) is 12.2. The topological polar surface area (TPSA) is 90.9 Å². The first kappa shape index (κ1) is 25.7. The number of aliphatic hydroxyl groups excluding tert-OH is 1. The van der Waals surface area contributed by atoms with Crippen LogP contribution >= 0.6 is 0 Å². The van der Waals surface area contributed by atoms with E-state index in [1.54, 1.807) is 0 Å². The molecular weight excluding hydrogens is 487 g/mol. The zero-order chi connectivity index (χ0) is 26.2. The first-order chi connectivity index (χ1) is 17.6. The molecule has 2 fully saturated rings. The Bertz CT molecular complexity index is 1160. The van der Waals surface area contributed by atoms with E-state index in [2.05, 4.69) is 27.7 Å². The van der Waals surface area contributed by atoms with E-state index >= 15 is 0 Å². The highest BCUT2D eigenvalue weighted by molar-refractivity contribution is 5.96. The van der Waals surface area contributed by atoms with Crippen LogP contribution in [-0.4, -0.2) is 59.6 Å². The fourth-order valence-corrected chi connectivity index (χ4v) is 5.85. The van der Waals surface area contributed by atoms with Crippen LogP contribution in [0.15, 0.2) is 48.5 Å². The van der Waals surface area contributed by atoms with Crippen molar-refractivity contribution in [1.29, 1.82) is 0 Å². The van der Waals surface area contributed by atoms with Crippen molar-refractivity contribution in [3.63, 3.8) is 0 Å². The Labute approximate surface area is 213 Å². The SMILES string of the molecule is O=C(CNC(=O)c1cccc(C(F)(F)F)c1)NC1CN(C2CCC3(CC2)OCc2ccccc23)C[C@@H]1O. The van der Waals surface area contributed by atoms with Crippen LogP contribution in [0, 0.1) is 0 Å². The lowest BCUT2D eigenvalue weighted by Gasteiger charge is -2.40. The van der Waals surface area contributed by atoms with Gasteiger partial charge in [0.05, 0.1) is 36.5 Å². The molecule has 2 amide bonds. The van der Waals surface area contributed by atoms with Gasteiger partial charge in [0.1, 0.15) is 0 Å². The van der Waals surface area contributed by atoms with Crippen molar-refractivity contribution in [2.45, 2.75) is 62.3 Å². The fourth-order valence-electron chi connectivity index (χ4n) is 5.85. The number of nitrogens with one attached hydrogen (secondary N) is 2. The number of carbonyl (C=O) groups is 2. The van der Waals surface area contributed by atoms with Crippen molar-refractivity contribution < 1.29 is 32.6 Å². The zero-order valence-electron chi connectivity index (χ0n) is 20.3. The number of alkyl halides is 3. The highest BCUT2D eigenvalue weighted by Gasteiger charge is 2.45. The molecule has 198 valence electrons. The monoisotopic (exact) mass is 517 g/mol. The van der Waals surface area contributed by atoms with Gasteiger partial charge in [-0.25, -0.2) is 0 Å². The van der Waals surface area contributed by atoms with Gasteiger partial charge in [-0.3, -0.25) is 14.5 Å². The van der Waals surface area contributed by atoms with Crippen LogP contribution in [0.3, 0.4) is 0 Å². The first-order valence-corrected chi connectivity index (χ1v) is 12.5. The largest absolute Gasteiger partial charge is 0.416 e. The molecule has 37 heavy (non-hydrogen) atoms. The molecule has 5 rings (SSSR count). The third kappa shape index (κ3) is 5.37. The summed E-state index contributed by atoms with van der Waals surface area (Å²) in [4.78, 5) is 26.9. The maximum atomic E-state index is 12.9. The molecule has 1 spiro atoms. The smallest absolute Gasteiger partial charge is 0.390 e. The molecule has 10 heteroatoms. The average molecular weight is 518 g/mol. The number of likely N-dealkylation sites (tertiary alicyclic amines) is 1. The van der Waals surface area contributed by atoms with E-state index < -0.39 is 42.2 Å². The lowest BCUT2D eigenvalue weighted by molar-refractivity contribution is -0.137. The first-order valence-electron chi connectivity index (χ1n) is 12.5. The quantitative estimate of drug-likeness (QED) is 0.568. The summed E-state index contributed by atoms with van der Waals surface area (Å²) < 4.78 is 44.9. The second-order valence-corrected chi connectivity index (χ2v) is 10.1. The molecule has 0 bridgehead atoms. The summed E-state index contributed by atoms with van der Waals surface area (Å²) >= 11 is 0. The normalized spacial score (nSPS) is 27.7. The number of ether oxygens (including phenoxy) is 1. The Hall–Kier alpha value is -2.95. The van der Waals surface area contributed by atoms with Crippen LogP contribution in [0.5, 0.6) is 0 Å². The number of fused-ring (bicyclic) bond motifs is 2. The third-order valence-corrected chi connectivity index (χ3v) is 7.82. The van der Waals surface area contributed by atoms with Crippen LogP contribution in [0.2, 0.25) is 0 Å². The van der Waals surface area contributed by atoms with E-state index in [4.69, 9.17) is 4.74 Å². The number of halogens is 3. The minimum atomic E-state index is -4.56. The van der Waals surface area contributed by atoms with Gasteiger partial charge in [0.25, 0.3) is 5.91 Å². The molecule has 2 atom stereocenters. The summed E-state index contributed by atoms with van der Waals surface area (Å²) in [7, 11) is 0. The van der Waals surface area contributed by atoms with Gasteiger partial charge in [0, 0.05) is 24.7 Å². The van der Waals surface area contributed by atoms with Gasteiger partial charge < -0.3 is 20.5 Å². The van der Waals surface area contributed by atoms with E-state index in [0.717, 1.165) is 43.9 Å². The molecule has 1 aliphatic carbocycles. The van der Waals surface area contributed by atoms with E-state index in [9.17, 15) is 27.9 Å². The minimum Gasteiger partial charge on any atom is -0.390 e. The number of nitrogens with zero attached hydrogens (tertiary/aromatic N) is 1. The van der Waals surface area contributed by atoms with Crippen molar-refractivity contribution in [3.8, 4) is 0 Å². The second-order valence-electron chi connectivity index (χ2n) is 10.1. The molecule has 3 N–H and O–H groups in total. The number of β-amino-alcohol motifs (C(OH)–C–C–N with tert-alkyl or cyclic N) is 1. The highest BCUT2D eigenvalue weighted by atomic mass is 19.4. The van der Waals surface area contributed by atoms with Crippen LogP contribution < -0.4 is 10.6 Å². The number of hydrogen-bond acceptors (Lipinski definition) is 5. The van der Waals surface area contributed by atoms with Gasteiger partial charge >= 0.3 is 6.18 Å². The third-order valence-electron chi connectivity index (χ3n) is 7.82. The molecule has 1 saturated carbocycles. The van der Waals surface area contributed by atoms with Crippen molar-refractivity contribution in [1.82, 2.24) is 15.5 Å². The second kappa shape index (κ2) is 10.1. The predicted octanol–water partition coefficient (Wildman–Crippen LogP) is 2.96. The number of hydrogen-bond donors (Lipinski definition) is 3. The minimum absolute atomic E-state index is 0.182. The highest BCUT2D eigenvalue weighted by Crippen LogP contribution is 2.47. The fraction of sp³-hybridized carbons (Fsp3) is 0.481. The van der Waals surface area contributed by atoms with E-state index in [-0.39, 0.29) is 17.2 Å². The number of rotatable bonds is 5. The van der Waals surface area contributed by atoms with Gasteiger partial charge in [-0.15, -0.1) is 0 Å². The standard InChI is InChI=1S/C27H30F3N3O4/c28-27(29,30)19-6-3-5-17(12-19)25(36)31-13-24(35)32-22-14-33(15-23(22)34)20-8-10-26(11-9-20)21-7-2-1-4-18(21)16-37-26/h1-7,12,20,22-23,34H,8-11,13-16H2,(H,31,36)(H,32,35)/t20?,22?,23-,26?/m0/s1. The van der Waals surface area contributed by atoms with Crippen molar-refractivity contribution >= 4 is 11.8 Å². The molecule has 2 aromatic carbocycles. The van der Waals surface area contributed by atoms with Crippen molar-refractivity contribution in [3.05, 3.63) is 70.8 Å². The zero-order valence-corrected chi connectivity index (χ0v) is 20.3. The molecular formula is C27H30F3N3O4. The molecule has 1 unspecified atom stereocenters. The Morgan fingerprint density at radius 3 is 2.59 bits per heavy atom. The van der Waals surface area contributed by atoms with E-state index in [1.165, 1.54) is 17.2 Å². The Kier molecular flexibility index (Phi) is 6.99. The molecule has 2 heterocycles.